The Labute approximate surface area is 136 Å². The van der Waals surface area contributed by atoms with Crippen molar-refractivity contribution >= 4 is 17.3 Å². The van der Waals surface area contributed by atoms with Gasteiger partial charge in [-0.3, -0.25) is 24.3 Å². The summed E-state index contributed by atoms with van der Waals surface area (Å²) in [6.07, 6.45) is 1.02. The topological polar surface area (TPSA) is 113 Å². The molecule has 0 bridgehead atoms. The van der Waals surface area contributed by atoms with Crippen LogP contribution in [0.2, 0.25) is 0 Å². The van der Waals surface area contributed by atoms with Crippen LogP contribution in [0.4, 0.5) is 11.4 Å². The molecule has 1 amide bonds. The number of amides is 1. The third-order valence-electron chi connectivity index (χ3n) is 3.17. The van der Waals surface area contributed by atoms with Gasteiger partial charge in [0.25, 0.3) is 11.2 Å². The highest BCUT2D eigenvalue weighted by molar-refractivity contribution is 5.92. The van der Waals surface area contributed by atoms with Gasteiger partial charge in [0.05, 0.1) is 31.0 Å². The molecule has 1 aromatic heterocycles. The third kappa shape index (κ3) is 3.88. The lowest BCUT2D eigenvalue weighted by Crippen LogP contribution is -2.27. The van der Waals surface area contributed by atoms with Gasteiger partial charge in [0, 0.05) is 18.2 Å². The van der Waals surface area contributed by atoms with E-state index < -0.39 is 16.4 Å². The number of nitrogens with zero attached hydrogens (tertiary/aromatic N) is 2. The van der Waals surface area contributed by atoms with Crippen molar-refractivity contribution in [1.82, 2.24) is 4.57 Å². The second-order valence-corrected chi connectivity index (χ2v) is 4.72. The van der Waals surface area contributed by atoms with E-state index in [1.807, 2.05) is 0 Å². The van der Waals surface area contributed by atoms with Gasteiger partial charge < -0.3 is 14.8 Å². The summed E-state index contributed by atoms with van der Waals surface area (Å²) in [5.41, 5.74) is -0.435. The van der Waals surface area contributed by atoms with E-state index >= 15 is 0 Å². The van der Waals surface area contributed by atoms with Crippen LogP contribution in [0.3, 0.4) is 0 Å². The number of hydrogen-bond acceptors (Lipinski definition) is 6. The Hall–Kier alpha value is -3.36. The molecule has 0 aliphatic heterocycles. The van der Waals surface area contributed by atoms with Gasteiger partial charge in [-0.05, 0) is 12.1 Å². The van der Waals surface area contributed by atoms with Crippen LogP contribution in [0, 0.1) is 10.1 Å². The molecule has 0 saturated heterocycles. The average Bonchev–Trinajstić information content (AvgIpc) is 2.56. The zero-order valence-electron chi connectivity index (χ0n) is 13.0. The van der Waals surface area contributed by atoms with Crippen molar-refractivity contribution in [2.75, 3.05) is 19.5 Å². The summed E-state index contributed by atoms with van der Waals surface area (Å²) in [7, 11) is 2.93. The normalized spacial score (nSPS) is 10.1. The molecule has 0 unspecified atom stereocenters. The molecule has 126 valence electrons. The quantitative estimate of drug-likeness (QED) is 0.632. The van der Waals surface area contributed by atoms with E-state index in [1.165, 1.54) is 14.2 Å². The molecular weight excluding hydrogens is 318 g/mol. The number of benzene rings is 1. The van der Waals surface area contributed by atoms with Gasteiger partial charge in [-0.25, -0.2) is 0 Å². The Morgan fingerprint density at radius 3 is 2.62 bits per heavy atom. The first-order valence-electron chi connectivity index (χ1n) is 6.81. The first-order valence-corrected chi connectivity index (χ1v) is 6.81. The molecule has 2 aromatic rings. The maximum Gasteiger partial charge on any atom is 0.285 e. The Morgan fingerprint density at radius 1 is 1.25 bits per heavy atom. The second kappa shape index (κ2) is 7.27. The zero-order valence-corrected chi connectivity index (χ0v) is 13.0. The van der Waals surface area contributed by atoms with Gasteiger partial charge in [0.1, 0.15) is 18.0 Å². The van der Waals surface area contributed by atoms with Crippen LogP contribution in [0.25, 0.3) is 0 Å². The molecular formula is C15H15N3O6. The smallest absolute Gasteiger partial charge is 0.285 e. The van der Waals surface area contributed by atoms with Crippen LogP contribution in [-0.4, -0.2) is 29.6 Å². The minimum absolute atomic E-state index is 0.277. The van der Waals surface area contributed by atoms with E-state index in [0.29, 0.717) is 17.2 Å². The van der Waals surface area contributed by atoms with Crippen molar-refractivity contribution in [3.05, 3.63) is 57.0 Å². The number of ether oxygens (including phenoxy) is 2. The maximum absolute atomic E-state index is 12.1. The van der Waals surface area contributed by atoms with Crippen LogP contribution >= 0.6 is 0 Å². The molecule has 1 heterocycles. The van der Waals surface area contributed by atoms with Crippen molar-refractivity contribution < 1.29 is 19.2 Å². The van der Waals surface area contributed by atoms with E-state index in [4.69, 9.17) is 9.47 Å². The fourth-order valence-corrected chi connectivity index (χ4v) is 2.01. The van der Waals surface area contributed by atoms with Crippen LogP contribution in [0.1, 0.15) is 0 Å². The molecule has 0 aliphatic carbocycles. The number of anilines is 1. The predicted molar refractivity (Wildman–Crippen MR) is 85.5 cm³/mol. The Balaban J connectivity index is 2.21. The summed E-state index contributed by atoms with van der Waals surface area (Å²) in [5, 5.41) is 13.3. The molecule has 9 heteroatoms. The lowest BCUT2D eigenvalue weighted by Gasteiger charge is -2.12. The summed E-state index contributed by atoms with van der Waals surface area (Å²) in [5.74, 6) is 0.387. The van der Waals surface area contributed by atoms with Crippen molar-refractivity contribution in [2.45, 2.75) is 6.54 Å². The minimum Gasteiger partial charge on any atom is -0.497 e. The number of aromatic nitrogens is 1. The lowest BCUT2D eigenvalue weighted by atomic mass is 10.2. The SMILES string of the molecule is COc1ccc(OC)c(NC(=O)Cn2cc([N+](=O)[O-])ccc2=O)c1. The standard InChI is InChI=1S/C15H15N3O6/c1-23-11-4-5-13(24-2)12(7-11)16-14(19)9-17-8-10(18(21)22)3-6-15(17)20/h3-8H,9H2,1-2H3,(H,16,19). The van der Waals surface area contributed by atoms with Crippen molar-refractivity contribution in [3.63, 3.8) is 0 Å². The molecule has 24 heavy (non-hydrogen) atoms. The number of carbonyl (C=O) groups is 1. The average molecular weight is 333 g/mol. The highest BCUT2D eigenvalue weighted by Crippen LogP contribution is 2.28. The van der Waals surface area contributed by atoms with Gasteiger partial charge in [-0.2, -0.15) is 0 Å². The molecule has 0 aliphatic rings. The highest BCUT2D eigenvalue weighted by atomic mass is 16.6. The van der Waals surface area contributed by atoms with Crippen LogP contribution in [0.5, 0.6) is 11.5 Å². The van der Waals surface area contributed by atoms with Gasteiger partial charge in [0.15, 0.2) is 0 Å². The zero-order chi connectivity index (χ0) is 17.7. The minimum atomic E-state index is -0.640. The summed E-state index contributed by atoms with van der Waals surface area (Å²) >= 11 is 0. The molecule has 2 rings (SSSR count). The largest absolute Gasteiger partial charge is 0.497 e. The number of pyridine rings is 1. The fourth-order valence-electron chi connectivity index (χ4n) is 2.01. The third-order valence-corrected chi connectivity index (χ3v) is 3.17. The van der Waals surface area contributed by atoms with Gasteiger partial charge >= 0.3 is 0 Å². The monoisotopic (exact) mass is 333 g/mol. The molecule has 1 N–H and O–H groups in total. The summed E-state index contributed by atoms with van der Waals surface area (Å²) < 4.78 is 11.2. The van der Waals surface area contributed by atoms with Crippen LogP contribution < -0.4 is 20.3 Å². The van der Waals surface area contributed by atoms with Gasteiger partial charge in [-0.1, -0.05) is 0 Å². The number of hydrogen-bond donors (Lipinski definition) is 1. The van der Waals surface area contributed by atoms with Crippen molar-refractivity contribution in [1.29, 1.82) is 0 Å². The Bertz CT molecular complexity index is 830. The lowest BCUT2D eigenvalue weighted by molar-refractivity contribution is -0.385. The molecule has 0 fully saturated rings. The van der Waals surface area contributed by atoms with E-state index in [9.17, 15) is 19.7 Å². The number of rotatable bonds is 6. The van der Waals surface area contributed by atoms with Crippen molar-refractivity contribution in [2.24, 2.45) is 0 Å². The first-order chi connectivity index (χ1) is 11.4. The fraction of sp³-hybridized carbons (Fsp3) is 0.200. The second-order valence-electron chi connectivity index (χ2n) is 4.72. The number of nitro groups is 1. The highest BCUT2D eigenvalue weighted by Gasteiger charge is 2.13. The van der Waals surface area contributed by atoms with Gasteiger partial charge in [-0.15, -0.1) is 0 Å². The summed E-state index contributed by atoms with van der Waals surface area (Å²) in [6, 6.07) is 6.97. The van der Waals surface area contributed by atoms with Gasteiger partial charge in [0.2, 0.25) is 5.91 Å². The summed E-state index contributed by atoms with van der Waals surface area (Å²) in [6.45, 7) is -0.374. The van der Waals surface area contributed by atoms with Crippen LogP contribution in [0.15, 0.2) is 41.3 Å². The van der Waals surface area contributed by atoms with E-state index in [-0.39, 0.29) is 12.2 Å². The Morgan fingerprint density at radius 2 is 2.00 bits per heavy atom. The van der Waals surface area contributed by atoms with E-state index in [1.54, 1.807) is 18.2 Å². The molecule has 0 radical (unpaired) electrons. The molecule has 0 spiro atoms. The molecule has 0 atom stereocenters. The number of carbonyl (C=O) groups excluding carboxylic acids is 1. The number of methoxy groups -OCH3 is 2. The summed E-state index contributed by atoms with van der Waals surface area (Å²) in [4.78, 5) is 34.0. The first kappa shape index (κ1) is 17.0. The van der Waals surface area contributed by atoms with E-state index in [2.05, 4.69) is 5.32 Å². The molecule has 1 aromatic carbocycles. The van der Waals surface area contributed by atoms with E-state index in [0.717, 1.165) is 22.9 Å². The predicted octanol–water partition coefficient (Wildman–Crippen LogP) is 1.41. The molecule has 9 nitrogen and oxygen atoms in total. The van der Waals surface area contributed by atoms with Crippen molar-refractivity contribution in [3.8, 4) is 11.5 Å². The number of nitrogens with one attached hydrogen (secondary N) is 1. The van der Waals surface area contributed by atoms with Crippen LogP contribution in [-0.2, 0) is 11.3 Å². The Kier molecular flexibility index (Phi) is 5.15. The maximum atomic E-state index is 12.1. The molecule has 0 saturated carbocycles.